The third kappa shape index (κ3) is 6.05. The quantitative estimate of drug-likeness (QED) is 0.700. The lowest BCUT2D eigenvalue weighted by molar-refractivity contribution is -0.139. The average Bonchev–Trinajstić information content (AvgIpc) is 2.44. The highest BCUT2D eigenvalue weighted by Crippen LogP contribution is 2.15. The molecule has 1 rings (SSSR count). The number of carboxylic acid groups (broad SMARTS) is 1. The van der Waals surface area contributed by atoms with Gasteiger partial charge in [-0.3, -0.25) is 0 Å². The van der Waals surface area contributed by atoms with Crippen molar-refractivity contribution < 1.29 is 24.2 Å². The van der Waals surface area contributed by atoms with Crippen molar-refractivity contribution in [3.8, 4) is 5.75 Å². The van der Waals surface area contributed by atoms with E-state index in [0.29, 0.717) is 18.0 Å². The summed E-state index contributed by atoms with van der Waals surface area (Å²) in [5, 5.41) is 13.8. The standard InChI is InChI=1S/C13H18N2O5/c1-9(19-2)7-14-13(18)15-10-3-5-11(6-4-10)20-8-12(16)17/h3-6,9H,7-8H2,1-2H3,(H,16,17)(H2,14,15,18). The van der Waals surface area contributed by atoms with Crippen LogP contribution in [-0.4, -0.2) is 43.5 Å². The Labute approximate surface area is 116 Å². The van der Waals surface area contributed by atoms with Crippen molar-refractivity contribution in [1.29, 1.82) is 0 Å². The van der Waals surface area contributed by atoms with Crippen LogP contribution in [-0.2, 0) is 9.53 Å². The van der Waals surface area contributed by atoms with Crippen molar-refractivity contribution in [2.75, 3.05) is 25.6 Å². The van der Waals surface area contributed by atoms with Crippen LogP contribution < -0.4 is 15.4 Å². The van der Waals surface area contributed by atoms with Crippen LogP contribution in [0, 0.1) is 0 Å². The summed E-state index contributed by atoms with van der Waals surface area (Å²) in [6, 6.07) is 6.06. The first kappa shape index (κ1) is 15.8. The molecule has 0 saturated heterocycles. The van der Waals surface area contributed by atoms with E-state index in [1.807, 2.05) is 6.92 Å². The third-order valence-electron chi connectivity index (χ3n) is 2.43. The summed E-state index contributed by atoms with van der Waals surface area (Å²) in [6.45, 7) is 1.85. The van der Waals surface area contributed by atoms with E-state index in [-0.39, 0.29) is 12.1 Å². The highest BCUT2D eigenvalue weighted by Gasteiger charge is 2.05. The number of aliphatic carboxylic acids is 1. The van der Waals surface area contributed by atoms with E-state index < -0.39 is 12.6 Å². The number of anilines is 1. The molecule has 0 radical (unpaired) electrons. The smallest absolute Gasteiger partial charge is 0.341 e. The van der Waals surface area contributed by atoms with Gasteiger partial charge in [-0.15, -0.1) is 0 Å². The average molecular weight is 282 g/mol. The predicted octanol–water partition coefficient (Wildman–Crippen LogP) is 1.31. The monoisotopic (exact) mass is 282 g/mol. The Balaban J connectivity index is 2.40. The van der Waals surface area contributed by atoms with Gasteiger partial charge in [0, 0.05) is 19.3 Å². The van der Waals surface area contributed by atoms with Gasteiger partial charge in [-0.2, -0.15) is 0 Å². The minimum absolute atomic E-state index is 0.0625. The molecular weight excluding hydrogens is 264 g/mol. The van der Waals surface area contributed by atoms with E-state index in [9.17, 15) is 9.59 Å². The Kier molecular flexibility index (Phi) is 6.31. The summed E-state index contributed by atoms with van der Waals surface area (Å²) in [5.74, 6) is -0.620. The van der Waals surface area contributed by atoms with Crippen LogP contribution >= 0.6 is 0 Å². The molecule has 7 heteroatoms. The lowest BCUT2D eigenvalue weighted by Crippen LogP contribution is -2.34. The molecule has 0 saturated carbocycles. The van der Waals surface area contributed by atoms with Gasteiger partial charge in [0.25, 0.3) is 0 Å². The highest BCUT2D eigenvalue weighted by atomic mass is 16.5. The minimum atomic E-state index is -1.04. The number of urea groups is 1. The number of hydrogen-bond acceptors (Lipinski definition) is 4. The second-order valence-corrected chi connectivity index (χ2v) is 4.09. The van der Waals surface area contributed by atoms with Crippen molar-refractivity contribution >= 4 is 17.7 Å². The molecule has 7 nitrogen and oxygen atoms in total. The number of carbonyl (C=O) groups excluding carboxylic acids is 1. The van der Waals surface area contributed by atoms with Crippen molar-refractivity contribution in [2.45, 2.75) is 13.0 Å². The molecule has 1 aromatic carbocycles. The second kappa shape index (κ2) is 8.00. The molecule has 0 heterocycles. The minimum Gasteiger partial charge on any atom is -0.482 e. The van der Waals surface area contributed by atoms with Crippen LogP contribution in [0.25, 0.3) is 0 Å². The molecule has 0 aliphatic carbocycles. The van der Waals surface area contributed by atoms with Crippen molar-refractivity contribution in [2.24, 2.45) is 0 Å². The summed E-state index contributed by atoms with van der Waals surface area (Å²) >= 11 is 0. The van der Waals surface area contributed by atoms with Crippen LogP contribution in [0.15, 0.2) is 24.3 Å². The van der Waals surface area contributed by atoms with Crippen molar-refractivity contribution in [3.05, 3.63) is 24.3 Å². The topological polar surface area (TPSA) is 96.9 Å². The molecular formula is C13H18N2O5. The van der Waals surface area contributed by atoms with Crippen molar-refractivity contribution in [1.82, 2.24) is 5.32 Å². The van der Waals surface area contributed by atoms with Gasteiger partial charge in [-0.05, 0) is 31.2 Å². The maximum Gasteiger partial charge on any atom is 0.341 e. The van der Waals surface area contributed by atoms with Gasteiger partial charge in [0.2, 0.25) is 0 Å². The Morgan fingerprint density at radius 3 is 2.50 bits per heavy atom. The van der Waals surface area contributed by atoms with Gasteiger partial charge in [-0.25, -0.2) is 9.59 Å². The van der Waals surface area contributed by atoms with Crippen LogP contribution in [0.3, 0.4) is 0 Å². The molecule has 0 spiro atoms. The normalized spacial score (nSPS) is 11.5. The van der Waals surface area contributed by atoms with Gasteiger partial charge in [0.1, 0.15) is 5.75 Å². The Bertz CT molecular complexity index is 447. The molecule has 0 aromatic heterocycles. The summed E-state index contributed by atoms with van der Waals surface area (Å²) in [4.78, 5) is 21.9. The van der Waals surface area contributed by atoms with E-state index in [0.717, 1.165) is 0 Å². The lowest BCUT2D eigenvalue weighted by atomic mass is 10.3. The van der Waals surface area contributed by atoms with Crippen molar-refractivity contribution in [3.63, 3.8) is 0 Å². The number of amides is 2. The third-order valence-corrected chi connectivity index (χ3v) is 2.43. The highest BCUT2D eigenvalue weighted by molar-refractivity contribution is 5.89. The van der Waals surface area contributed by atoms with E-state index in [4.69, 9.17) is 14.6 Å². The van der Waals surface area contributed by atoms with Crippen LogP contribution in [0.5, 0.6) is 5.75 Å². The summed E-state index contributed by atoms with van der Waals surface area (Å²) in [6.07, 6.45) is -0.0625. The van der Waals surface area contributed by atoms with Crippen LogP contribution in [0.1, 0.15) is 6.92 Å². The summed E-state index contributed by atoms with van der Waals surface area (Å²) in [7, 11) is 1.57. The van der Waals surface area contributed by atoms with E-state index in [1.165, 1.54) is 0 Å². The molecule has 0 bridgehead atoms. The molecule has 20 heavy (non-hydrogen) atoms. The Morgan fingerprint density at radius 1 is 1.30 bits per heavy atom. The maximum absolute atomic E-state index is 11.5. The van der Waals surface area contributed by atoms with Gasteiger partial charge in [0.05, 0.1) is 6.10 Å². The zero-order valence-corrected chi connectivity index (χ0v) is 11.4. The van der Waals surface area contributed by atoms with E-state index in [2.05, 4.69) is 10.6 Å². The number of ether oxygens (including phenoxy) is 2. The Hall–Kier alpha value is -2.28. The van der Waals surface area contributed by atoms with E-state index >= 15 is 0 Å². The first-order chi connectivity index (χ1) is 9.51. The number of benzene rings is 1. The van der Waals surface area contributed by atoms with Gasteiger partial charge >= 0.3 is 12.0 Å². The zero-order chi connectivity index (χ0) is 15.0. The number of rotatable bonds is 7. The SMILES string of the molecule is COC(C)CNC(=O)Nc1ccc(OCC(=O)O)cc1. The number of hydrogen-bond donors (Lipinski definition) is 3. The van der Waals surface area contributed by atoms with Crippen LogP contribution in [0.4, 0.5) is 10.5 Å². The lowest BCUT2D eigenvalue weighted by Gasteiger charge is -2.12. The molecule has 1 aromatic rings. The molecule has 1 unspecified atom stereocenters. The first-order valence-electron chi connectivity index (χ1n) is 6.03. The first-order valence-corrected chi connectivity index (χ1v) is 6.03. The number of carboxylic acids is 1. The fraction of sp³-hybridized carbons (Fsp3) is 0.385. The molecule has 0 aliphatic rings. The number of nitrogens with one attached hydrogen (secondary N) is 2. The maximum atomic E-state index is 11.5. The molecule has 1 atom stereocenters. The number of carbonyl (C=O) groups is 2. The molecule has 3 N–H and O–H groups in total. The molecule has 0 aliphatic heterocycles. The zero-order valence-electron chi connectivity index (χ0n) is 11.4. The fourth-order valence-electron chi connectivity index (χ4n) is 1.27. The molecule has 2 amide bonds. The van der Waals surface area contributed by atoms with Gasteiger partial charge in [0.15, 0.2) is 6.61 Å². The molecule has 0 fully saturated rings. The number of methoxy groups -OCH3 is 1. The molecule has 110 valence electrons. The van der Waals surface area contributed by atoms with Gasteiger partial charge in [-0.1, -0.05) is 0 Å². The Morgan fingerprint density at radius 2 is 1.95 bits per heavy atom. The largest absolute Gasteiger partial charge is 0.482 e. The van der Waals surface area contributed by atoms with Gasteiger partial charge < -0.3 is 25.2 Å². The second-order valence-electron chi connectivity index (χ2n) is 4.09. The summed E-state index contributed by atoms with van der Waals surface area (Å²) < 4.78 is 9.98. The fourth-order valence-corrected chi connectivity index (χ4v) is 1.27. The summed E-state index contributed by atoms with van der Waals surface area (Å²) in [5.41, 5.74) is 0.579. The van der Waals surface area contributed by atoms with E-state index in [1.54, 1.807) is 31.4 Å². The predicted molar refractivity (Wildman–Crippen MR) is 73.1 cm³/mol. The van der Waals surface area contributed by atoms with Crippen LogP contribution in [0.2, 0.25) is 0 Å².